The average Bonchev–Trinajstić information content (AvgIpc) is 2.76. The summed E-state index contributed by atoms with van der Waals surface area (Å²) < 4.78 is 27.5. The van der Waals surface area contributed by atoms with Crippen LogP contribution in [0.1, 0.15) is 0 Å². The molecule has 31 heavy (non-hydrogen) atoms. The minimum Gasteiger partial charge on any atom is -0.368 e. The molecule has 1 saturated heterocycles. The van der Waals surface area contributed by atoms with E-state index in [2.05, 4.69) is 15.3 Å². The lowest BCUT2D eigenvalue weighted by Crippen LogP contribution is -2.47. The van der Waals surface area contributed by atoms with E-state index in [0.29, 0.717) is 37.7 Å². The Balaban J connectivity index is 1.40. The van der Waals surface area contributed by atoms with Gasteiger partial charge in [-0.3, -0.25) is 9.59 Å². The quantitative estimate of drug-likeness (QED) is 0.680. The summed E-state index contributed by atoms with van der Waals surface area (Å²) in [6.45, 7) is 2.48. The summed E-state index contributed by atoms with van der Waals surface area (Å²) >= 11 is 0. The number of carbonyl (C=O) groups excluding carboxylic acids is 1. The van der Waals surface area contributed by atoms with Gasteiger partial charge in [0.1, 0.15) is 24.0 Å². The smallest absolute Gasteiger partial charge is 0.267 e. The molecule has 1 aliphatic rings. The van der Waals surface area contributed by atoms with Crippen LogP contribution in [0.5, 0.6) is 0 Å². The minimum absolute atomic E-state index is 0.268. The highest BCUT2D eigenvalue weighted by Gasteiger charge is 2.19. The van der Waals surface area contributed by atoms with Crippen LogP contribution in [-0.4, -0.2) is 41.9 Å². The van der Waals surface area contributed by atoms with E-state index >= 15 is 0 Å². The van der Waals surface area contributed by atoms with Crippen LogP contribution in [0, 0.1) is 11.6 Å². The standard InChI is InChI=1S/C22H21F2N5O2/c23-16-4-6-19(7-5-16)27-10-12-28(13-11-27)20-8-9-22(31)29(26-20)15-21(30)25-18-3-1-2-17(24)14-18/h1-9,14H,10-13,15H2,(H,25,30). The van der Waals surface area contributed by atoms with Gasteiger partial charge in [0.05, 0.1) is 0 Å². The van der Waals surface area contributed by atoms with Crippen molar-refractivity contribution >= 4 is 23.1 Å². The monoisotopic (exact) mass is 425 g/mol. The van der Waals surface area contributed by atoms with Crippen LogP contribution >= 0.6 is 0 Å². The van der Waals surface area contributed by atoms with Crippen molar-refractivity contribution in [1.29, 1.82) is 0 Å². The van der Waals surface area contributed by atoms with Gasteiger partial charge in [-0.25, -0.2) is 13.5 Å². The van der Waals surface area contributed by atoms with Crippen LogP contribution in [0.3, 0.4) is 0 Å². The fraction of sp³-hybridized carbons (Fsp3) is 0.227. The summed E-state index contributed by atoms with van der Waals surface area (Å²) in [6, 6.07) is 14.9. The number of hydrogen-bond acceptors (Lipinski definition) is 5. The third-order valence-corrected chi connectivity index (χ3v) is 5.05. The number of hydrogen-bond donors (Lipinski definition) is 1. The first-order valence-corrected chi connectivity index (χ1v) is 9.87. The predicted molar refractivity (Wildman–Crippen MR) is 114 cm³/mol. The Labute approximate surface area is 177 Å². The molecule has 0 saturated carbocycles. The number of halogens is 2. The number of nitrogens with one attached hydrogen (secondary N) is 1. The van der Waals surface area contributed by atoms with E-state index in [-0.39, 0.29) is 12.4 Å². The summed E-state index contributed by atoms with van der Waals surface area (Å²) in [7, 11) is 0. The highest BCUT2D eigenvalue weighted by molar-refractivity contribution is 5.90. The Morgan fingerprint density at radius 1 is 0.903 bits per heavy atom. The first-order valence-electron chi connectivity index (χ1n) is 9.87. The molecule has 0 aliphatic carbocycles. The predicted octanol–water partition coefficient (Wildman–Crippen LogP) is 2.49. The molecule has 1 aromatic heterocycles. The van der Waals surface area contributed by atoms with Gasteiger partial charge < -0.3 is 15.1 Å². The van der Waals surface area contributed by atoms with Crippen LogP contribution in [-0.2, 0) is 11.3 Å². The SMILES string of the molecule is O=C(Cn1nc(N2CCN(c3ccc(F)cc3)CC2)ccc1=O)Nc1cccc(F)c1. The fourth-order valence-corrected chi connectivity index (χ4v) is 3.47. The highest BCUT2D eigenvalue weighted by Crippen LogP contribution is 2.19. The Bertz CT molecular complexity index is 1130. The molecule has 0 spiro atoms. The lowest BCUT2D eigenvalue weighted by atomic mass is 10.2. The third-order valence-electron chi connectivity index (χ3n) is 5.05. The summed E-state index contributed by atoms with van der Waals surface area (Å²) in [5.74, 6) is -0.611. The fourth-order valence-electron chi connectivity index (χ4n) is 3.47. The topological polar surface area (TPSA) is 70.5 Å². The second-order valence-corrected chi connectivity index (χ2v) is 7.20. The van der Waals surface area contributed by atoms with Crippen molar-refractivity contribution in [2.45, 2.75) is 6.54 Å². The molecule has 1 aliphatic heterocycles. The molecule has 0 bridgehead atoms. The maximum absolute atomic E-state index is 13.3. The molecular weight excluding hydrogens is 404 g/mol. The summed E-state index contributed by atoms with van der Waals surface area (Å²) in [6.07, 6.45) is 0. The van der Waals surface area contributed by atoms with Crippen LogP contribution in [0.25, 0.3) is 0 Å². The lowest BCUT2D eigenvalue weighted by Gasteiger charge is -2.36. The van der Waals surface area contributed by atoms with E-state index in [1.54, 1.807) is 24.3 Å². The van der Waals surface area contributed by atoms with Gasteiger partial charge in [0, 0.05) is 43.6 Å². The molecule has 9 heteroatoms. The number of benzene rings is 2. The Morgan fingerprint density at radius 3 is 2.32 bits per heavy atom. The van der Waals surface area contributed by atoms with E-state index in [4.69, 9.17) is 0 Å². The Morgan fingerprint density at radius 2 is 1.61 bits per heavy atom. The average molecular weight is 425 g/mol. The largest absolute Gasteiger partial charge is 0.368 e. The summed E-state index contributed by atoms with van der Waals surface area (Å²) in [5.41, 5.74) is 0.863. The van der Waals surface area contributed by atoms with E-state index in [1.165, 1.54) is 36.4 Å². The Hall–Kier alpha value is -3.75. The van der Waals surface area contributed by atoms with Gasteiger partial charge in [0.15, 0.2) is 0 Å². The highest BCUT2D eigenvalue weighted by atomic mass is 19.1. The van der Waals surface area contributed by atoms with Crippen molar-refractivity contribution in [2.24, 2.45) is 0 Å². The zero-order valence-electron chi connectivity index (χ0n) is 16.7. The van der Waals surface area contributed by atoms with Crippen molar-refractivity contribution in [1.82, 2.24) is 9.78 Å². The molecular formula is C22H21F2N5O2. The second-order valence-electron chi connectivity index (χ2n) is 7.20. The van der Waals surface area contributed by atoms with Crippen LogP contribution in [0.15, 0.2) is 65.5 Å². The summed E-state index contributed by atoms with van der Waals surface area (Å²) in [4.78, 5) is 28.6. The van der Waals surface area contributed by atoms with E-state index in [0.717, 1.165) is 10.4 Å². The van der Waals surface area contributed by atoms with Gasteiger partial charge in [-0.1, -0.05) is 6.07 Å². The zero-order valence-corrected chi connectivity index (χ0v) is 16.7. The van der Waals surface area contributed by atoms with Crippen molar-refractivity contribution in [3.05, 3.63) is 82.7 Å². The van der Waals surface area contributed by atoms with Gasteiger partial charge in [0.2, 0.25) is 5.91 Å². The number of rotatable bonds is 5. The molecule has 0 unspecified atom stereocenters. The van der Waals surface area contributed by atoms with E-state index < -0.39 is 17.3 Å². The van der Waals surface area contributed by atoms with Gasteiger partial charge in [-0.15, -0.1) is 0 Å². The molecule has 0 atom stereocenters. The van der Waals surface area contributed by atoms with Crippen molar-refractivity contribution in [3.63, 3.8) is 0 Å². The molecule has 4 rings (SSSR count). The van der Waals surface area contributed by atoms with E-state index in [1.807, 2.05) is 4.90 Å². The molecule has 1 fully saturated rings. The minimum atomic E-state index is -0.474. The third kappa shape index (κ3) is 5.06. The molecule has 0 radical (unpaired) electrons. The normalized spacial score (nSPS) is 13.9. The number of piperazine rings is 1. The first kappa shape index (κ1) is 20.5. The second kappa shape index (κ2) is 8.95. The Kier molecular flexibility index (Phi) is 5.92. The molecule has 7 nitrogen and oxygen atoms in total. The van der Waals surface area contributed by atoms with Gasteiger partial charge in [-0.05, 0) is 48.5 Å². The maximum atomic E-state index is 13.3. The van der Waals surface area contributed by atoms with Crippen molar-refractivity contribution in [2.75, 3.05) is 41.3 Å². The van der Waals surface area contributed by atoms with Crippen LogP contribution in [0.4, 0.5) is 26.0 Å². The van der Waals surface area contributed by atoms with Crippen LogP contribution in [0.2, 0.25) is 0 Å². The number of anilines is 3. The number of aromatic nitrogens is 2. The van der Waals surface area contributed by atoms with E-state index in [9.17, 15) is 18.4 Å². The zero-order chi connectivity index (χ0) is 21.8. The lowest BCUT2D eigenvalue weighted by molar-refractivity contribution is -0.117. The number of amides is 1. The van der Waals surface area contributed by atoms with Gasteiger partial charge in [-0.2, -0.15) is 5.10 Å². The number of nitrogens with zero attached hydrogens (tertiary/aromatic N) is 4. The van der Waals surface area contributed by atoms with Crippen molar-refractivity contribution < 1.29 is 13.6 Å². The van der Waals surface area contributed by atoms with Gasteiger partial charge >= 0.3 is 0 Å². The van der Waals surface area contributed by atoms with Gasteiger partial charge in [0.25, 0.3) is 5.56 Å². The summed E-state index contributed by atoms with van der Waals surface area (Å²) in [5, 5.41) is 6.89. The van der Waals surface area contributed by atoms with Crippen molar-refractivity contribution in [3.8, 4) is 0 Å². The first-order chi connectivity index (χ1) is 15.0. The molecule has 1 amide bonds. The van der Waals surface area contributed by atoms with Crippen LogP contribution < -0.4 is 20.7 Å². The number of carbonyl (C=O) groups is 1. The maximum Gasteiger partial charge on any atom is 0.267 e. The molecule has 3 aromatic rings. The molecule has 2 aromatic carbocycles. The molecule has 1 N–H and O–H groups in total. The molecule has 160 valence electrons. The molecule has 2 heterocycles.